The summed E-state index contributed by atoms with van der Waals surface area (Å²) < 4.78 is 6.88. The largest absolute Gasteiger partial charge is 0.481 e. The molecule has 0 amide bonds. The lowest BCUT2D eigenvalue weighted by Gasteiger charge is -2.02. The normalized spacial score (nSPS) is 9.69. The Morgan fingerprint density at radius 1 is 1.62 bits per heavy atom. The van der Waals surface area contributed by atoms with Crippen molar-refractivity contribution in [3.8, 4) is 11.9 Å². The fourth-order valence-corrected chi connectivity index (χ4v) is 1.40. The Morgan fingerprint density at radius 3 is 2.85 bits per heavy atom. The van der Waals surface area contributed by atoms with E-state index in [0.717, 1.165) is 17.1 Å². The zero-order chi connectivity index (χ0) is 9.84. The van der Waals surface area contributed by atoms with Gasteiger partial charge in [0.2, 0.25) is 5.88 Å². The Hall–Kier alpha value is -1.50. The summed E-state index contributed by atoms with van der Waals surface area (Å²) in [5, 5.41) is 12.7. The molecule has 0 bridgehead atoms. The number of hydrogen-bond donors (Lipinski definition) is 0. The van der Waals surface area contributed by atoms with E-state index in [0.29, 0.717) is 12.8 Å². The number of nitrogens with zero attached hydrogens (tertiary/aromatic N) is 3. The van der Waals surface area contributed by atoms with Crippen LogP contribution in [0.1, 0.15) is 17.7 Å². The van der Waals surface area contributed by atoms with Crippen LogP contribution in [0.3, 0.4) is 0 Å². The van der Waals surface area contributed by atoms with Gasteiger partial charge >= 0.3 is 0 Å². The van der Waals surface area contributed by atoms with Crippen LogP contribution in [0, 0.1) is 18.3 Å². The number of nitriles is 1. The Morgan fingerprint density at radius 2 is 2.31 bits per heavy atom. The number of rotatable bonds is 3. The zero-order valence-corrected chi connectivity index (χ0v) is 8.16. The molecule has 0 unspecified atom stereocenters. The second-order valence-corrected chi connectivity index (χ2v) is 2.85. The molecular formula is C9H13N3O. The minimum Gasteiger partial charge on any atom is -0.481 e. The molecule has 0 aliphatic carbocycles. The fourth-order valence-electron chi connectivity index (χ4n) is 1.40. The minimum atomic E-state index is 0.503. The Labute approximate surface area is 77.7 Å². The summed E-state index contributed by atoms with van der Waals surface area (Å²) in [6, 6.07) is 2.11. The molecule has 13 heavy (non-hydrogen) atoms. The molecule has 1 heterocycles. The third kappa shape index (κ3) is 1.81. The van der Waals surface area contributed by atoms with Crippen LogP contribution in [-0.4, -0.2) is 16.9 Å². The molecule has 0 aromatic carbocycles. The predicted molar refractivity (Wildman–Crippen MR) is 48.4 cm³/mol. The predicted octanol–water partition coefficient (Wildman–Crippen LogP) is 1.19. The second kappa shape index (κ2) is 3.94. The zero-order valence-electron chi connectivity index (χ0n) is 8.16. The van der Waals surface area contributed by atoms with E-state index in [-0.39, 0.29) is 0 Å². The molecule has 0 N–H and O–H groups in total. The first-order chi connectivity index (χ1) is 6.20. The summed E-state index contributed by atoms with van der Waals surface area (Å²) in [6.45, 7) is 1.93. The molecule has 0 aliphatic rings. The SMILES string of the molecule is COc1c(CCC#N)c(C)nn1C. The Balaban J connectivity index is 2.97. The molecule has 1 aromatic heterocycles. The van der Waals surface area contributed by atoms with Crippen molar-refractivity contribution in [2.75, 3.05) is 7.11 Å². The van der Waals surface area contributed by atoms with Gasteiger partial charge in [0.1, 0.15) is 0 Å². The number of aryl methyl sites for hydroxylation is 2. The molecule has 0 fully saturated rings. The van der Waals surface area contributed by atoms with Crippen molar-refractivity contribution < 1.29 is 4.74 Å². The molecule has 0 aliphatic heterocycles. The van der Waals surface area contributed by atoms with Gasteiger partial charge in [0, 0.05) is 19.0 Å². The molecular weight excluding hydrogens is 166 g/mol. The van der Waals surface area contributed by atoms with Crippen molar-refractivity contribution in [2.24, 2.45) is 7.05 Å². The van der Waals surface area contributed by atoms with E-state index in [1.165, 1.54) is 0 Å². The van der Waals surface area contributed by atoms with Crippen LogP contribution in [0.4, 0.5) is 0 Å². The van der Waals surface area contributed by atoms with Crippen molar-refractivity contribution in [1.29, 1.82) is 5.26 Å². The van der Waals surface area contributed by atoms with Crippen molar-refractivity contribution in [3.05, 3.63) is 11.3 Å². The lowest BCUT2D eigenvalue weighted by molar-refractivity contribution is 0.369. The topological polar surface area (TPSA) is 50.8 Å². The van der Waals surface area contributed by atoms with E-state index in [1.807, 2.05) is 14.0 Å². The van der Waals surface area contributed by atoms with Crippen LogP contribution >= 0.6 is 0 Å². The van der Waals surface area contributed by atoms with Crippen LogP contribution in [0.5, 0.6) is 5.88 Å². The van der Waals surface area contributed by atoms with Crippen molar-refractivity contribution in [1.82, 2.24) is 9.78 Å². The standard InChI is InChI=1S/C9H13N3O/c1-7-8(5-4-6-10)9(13-3)12(2)11-7/h4-5H2,1-3H3. The molecule has 0 radical (unpaired) electrons. The molecule has 70 valence electrons. The third-order valence-electron chi connectivity index (χ3n) is 1.97. The average Bonchev–Trinajstić information content (AvgIpc) is 2.37. The summed E-state index contributed by atoms with van der Waals surface area (Å²) in [6.07, 6.45) is 1.21. The molecule has 0 atom stereocenters. The summed E-state index contributed by atoms with van der Waals surface area (Å²) >= 11 is 0. The van der Waals surface area contributed by atoms with Crippen LogP contribution in [-0.2, 0) is 13.5 Å². The first-order valence-electron chi connectivity index (χ1n) is 4.14. The highest BCUT2D eigenvalue weighted by Crippen LogP contribution is 2.21. The smallest absolute Gasteiger partial charge is 0.214 e. The number of aromatic nitrogens is 2. The molecule has 1 aromatic rings. The van der Waals surface area contributed by atoms with Crippen LogP contribution in [0.25, 0.3) is 0 Å². The van der Waals surface area contributed by atoms with Gasteiger partial charge < -0.3 is 4.74 Å². The molecule has 0 spiro atoms. The summed E-state index contributed by atoms with van der Waals surface area (Å²) in [5.74, 6) is 0.757. The van der Waals surface area contributed by atoms with Gasteiger partial charge in [-0.15, -0.1) is 0 Å². The highest BCUT2D eigenvalue weighted by Gasteiger charge is 2.12. The maximum Gasteiger partial charge on any atom is 0.214 e. The van der Waals surface area contributed by atoms with Crippen LogP contribution in [0.2, 0.25) is 0 Å². The van der Waals surface area contributed by atoms with Crippen LogP contribution < -0.4 is 4.74 Å². The second-order valence-electron chi connectivity index (χ2n) is 2.85. The van der Waals surface area contributed by atoms with Gasteiger partial charge in [0.15, 0.2) is 0 Å². The lowest BCUT2D eigenvalue weighted by Crippen LogP contribution is -1.96. The highest BCUT2D eigenvalue weighted by atomic mass is 16.5. The Bertz CT molecular complexity index is 335. The van der Waals surface area contributed by atoms with Gasteiger partial charge in [-0.25, -0.2) is 4.68 Å². The molecule has 4 heteroatoms. The molecule has 1 rings (SSSR count). The van der Waals surface area contributed by atoms with E-state index in [1.54, 1.807) is 11.8 Å². The molecule has 4 nitrogen and oxygen atoms in total. The summed E-state index contributed by atoms with van der Waals surface area (Å²) in [7, 11) is 3.45. The van der Waals surface area contributed by atoms with Gasteiger partial charge in [-0.05, 0) is 13.3 Å². The fraction of sp³-hybridized carbons (Fsp3) is 0.556. The van der Waals surface area contributed by atoms with Gasteiger partial charge in [0.25, 0.3) is 0 Å². The molecule has 0 saturated carbocycles. The van der Waals surface area contributed by atoms with E-state index in [2.05, 4.69) is 11.2 Å². The van der Waals surface area contributed by atoms with E-state index >= 15 is 0 Å². The monoisotopic (exact) mass is 179 g/mol. The van der Waals surface area contributed by atoms with Crippen LogP contribution in [0.15, 0.2) is 0 Å². The van der Waals surface area contributed by atoms with Gasteiger partial charge in [0.05, 0.1) is 18.9 Å². The van der Waals surface area contributed by atoms with Crippen molar-refractivity contribution in [3.63, 3.8) is 0 Å². The summed E-state index contributed by atoms with van der Waals surface area (Å²) in [5.41, 5.74) is 1.97. The Kier molecular flexibility index (Phi) is 2.91. The van der Waals surface area contributed by atoms with Gasteiger partial charge in [-0.1, -0.05) is 0 Å². The van der Waals surface area contributed by atoms with Crippen molar-refractivity contribution in [2.45, 2.75) is 19.8 Å². The highest BCUT2D eigenvalue weighted by molar-refractivity contribution is 5.31. The van der Waals surface area contributed by atoms with E-state index < -0.39 is 0 Å². The third-order valence-corrected chi connectivity index (χ3v) is 1.97. The quantitative estimate of drug-likeness (QED) is 0.700. The van der Waals surface area contributed by atoms with Gasteiger partial charge in [-0.3, -0.25) is 0 Å². The van der Waals surface area contributed by atoms with E-state index in [4.69, 9.17) is 10.00 Å². The lowest BCUT2D eigenvalue weighted by atomic mass is 10.1. The minimum absolute atomic E-state index is 0.503. The molecule has 0 saturated heterocycles. The number of hydrogen-bond acceptors (Lipinski definition) is 3. The van der Waals surface area contributed by atoms with Crippen molar-refractivity contribution >= 4 is 0 Å². The van der Waals surface area contributed by atoms with E-state index in [9.17, 15) is 0 Å². The average molecular weight is 179 g/mol. The first kappa shape index (κ1) is 9.59. The van der Waals surface area contributed by atoms with Gasteiger partial charge in [-0.2, -0.15) is 10.4 Å². The maximum atomic E-state index is 8.47. The number of ether oxygens (including phenoxy) is 1. The first-order valence-corrected chi connectivity index (χ1v) is 4.14. The summed E-state index contributed by atoms with van der Waals surface area (Å²) in [4.78, 5) is 0. The number of methoxy groups -OCH3 is 1. The maximum absolute atomic E-state index is 8.47.